The number of nitrogens with zero attached hydrogens (tertiary/aromatic N) is 1. The van der Waals surface area contributed by atoms with Crippen molar-refractivity contribution in [3.8, 4) is 6.07 Å². The molecule has 1 atom stereocenters. The number of benzene rings is 2. The second-order valence-corrected chi connectivity index (χ2v) is 5.00. The minimum Gasteiger partial charge on any atom is -0.387 e. The highest BCUT2D eigenvalue weighted by atomic mass is 19.1. The molecule has 23 heavy (non-hydrogen) atoms. The number of carbonyl (C=O) groups is 1. The van der Waals surface area contributed by atoms with Gasteiger partial charge < -0.3 is 15.7 Å². The SMILES string of the molecule is CC(Nc1cccc(NC(=O)CO)c1)c1ccc(C#N)c(F)c1. The molecule has 0 spiro atoms. The Balaban J connectivity index is 2.12. The summed E-state index contributed by atoms with van der Waals surface area (Å²) < 4.78 is 13.7. The minimum absolute atomic E-state index is 0.00895. The smallest absolute Gasteiger partial charge is 0.250 e. The van der Waals surface area contributed by atoms with Gasteiger partial charge in [0.2, 0.25) is 5.91 Å². The van der Waals surface area contributed by atoms with Crippen molar-refractivity contribution in [2.24, 2.45) is 0 Å². The molecule has 118 valence electrons. The molecule has 0 aliphatic carbocycles. The molecule has 0 bridgehead atoms. The average molecular weight is 313 g/mol. The van der Waals surface area contributed by atoms with Gasteiger partial charge in [0.1, 0.15) is 18.5 Å². The van der Waals surface area contributed by atoms with Gasteiger partial charge in [0.05, 0.1) is 5.56 Å². The van der Waals surface area contributed by atoms with Crippen LogP contribution in [0.5, 0.6) is 0 Å². The van der Waals surface area contributed by atoms with Crippen molar-refractivity contribution in [2.75, 3.05) is 17.2 Å². The van der Waals surface area contributed by atoms with E-state index in [0.717, 1.165) is 5.69 Å². The average Bonchev–Trinajstić information content (AvgIpc) is 2.54. The van der Waals surface area contributed by atoms with Crippen molar-refractivity contribution in [1.29, 1.82) is 5.26 Å². The van der Waals surface area contributed by atoms with E-state index in [2.05, 4.69) is 10.6 Å². The Morgan fingerprint density at radius 3 is 2.70 bits per heavy atom. The van der Waals surface area contributed by atoms with Crippen LogP contribution in [-0.2, 0) is 4.79 Å². The normalized spacial score (nSPS) is 11.4. The molecule has 1 amide bonds. The van der Waals surface area contributed by atoms with Gasteiger partial charge >= 0.3 is 0 Å². The second-order valence-electron chi connectivity index (χ2n) is 5.00. The molecule has 2 aromatic carbocycles. The summed E-state index contributed by atoms with van der Waals surface area (Å²) in [5.41, 5.74) is 1.99. The van der Waals surface area contributed by atoms with E-state index in [1.807, 2.05) is 13.0 Å². The van der Waals surface area contributed by atoms with Crippen molar-refractivity contribution >= 4 is 17.3 Å². The number of nitriles is 1. The summed E-state index contributed by atoms with van der Waals surface area (Å²) in [6, 6.07) is 13.0. The first-order valence-electron chi connectivity index (χ1n) is 7.00. The zero-order chi connectivity index (χ0) is 16.8. The maximum absolute atomic E-state index is 13.7. The van der Waals surface area contributed by atoms with Gasteiger partial charge in [-0.3, -0.25) is 4.79 Å². The Hall–Kier alpha value is -2.91. The number of nitrogens with one attached hydrogen (secondary N) is 2. The first-order chi connectivity index (χ1) is 11.0. The number of hydrogen-bond donors (Lipinski definition) is 3. The summed E-state index contributed by atoms with van der Waals surface area (Å²) >= 11 is 0. The third kappa shape index (κ3) is 4.28. The topological polar surface area (TPSA) is 85.2 Å². The van der Waals surface area contributed by atoms with Crippen LogP contribution in [0.2, 0.25) is 0 Å². The van der Waals surface area contributed by atoms with E-state index in [0.29, 0.717) is 11.3 Å². The number of rotatable bonds is 5. The lowest BCUT2D eigenvalue weighted by molar-refractivity contribution is -0.118. The maximum atomic E-state index is 13.7. The molecule has 6 heteroatoms. The number of halogens is 1. The largest absolute Gasteiger partial charge is 0.387 e. The van der Waals surface area contributed by atoms with Crippen LogP contribution < -0.4 is 10.6 Å². The van der Waals surface area contributed by atoms with Crippen molar-refractivity contribution in [1.82, 2.24) is 0 Å². The zero-order valence-electron chi connectivity index (χ0n) is 12.5. The minimum atomic E-state index is -0.585. The number of anilines is 2. The molecule has 0 aliphatic heterocycles. The van der Waals surface area contributed by atoms with Crippen LogP contribution in [0, 0.1) is 17.1 Å². The Labute approximate surface area is 133 Å². The molecule has 0 fully saturated rings. The van der Waals surface area contributed by atoms with Crippen molar-refractivity contribution in [3.05, 3.63) is 59.4 Å². The van der Waals surface area contributed by atoms with Crippen molar-refractivity contribution < 1.29 is 14.3 Å². The maximum Gasteiger partial charge on any atom is 0.250 e. The molecule has 0 aromatic heterocycles. The first-order valence-corrected chi connectivity index (χ1v) is 7.00. The molecule has 0 radical (unpaired) electrons. The highest BCUT2D eigenvalue weighted by Gasteiger charge is 2.10. The van der Waals surface area contributed by atoms with Crippen LogP contribution in [0.3, 0.4) is 0 Å². The molecule has 3 N–H and O–H groups in total. The van der Waals surface area contributed by atoms with Gasteiger partial charge in [0.25, 0.3) is 0 Å². The summed E-state index contributed by atoms with van der Waals surface area (Å²) in [6.07, 6.45) is 0. The number of hydrogen-bond acceptors (Lipinski definition) is 4. The van der Waals surface area contributed by atoms with Crippen LogP contribution in [0.15, 0.2) is 42.5 Å². The quantitative estimate of drug-likeness (QED) is 0.792. The molecule has 0 aliphatic rings. The van der Waals surface area contributed by atoms with Crippen LogP contribution >= 0.6 is 0 Å². The molecule has 0 saturated heterocycles. The Bertz CT molecular complexity index is 756. The summed E-state index contributed by atoms with van der Waals surface area (Å²) in [6.45, 7) is 1.28. The molecule has 5 nitrogen and oxygen atoms in total. The monoisotopic (exact) mass is 313 g/mol. The fourth-order valence-corrected chi connectivity index (χ4v) is 2.11. The second kappa shape index (κ2) is 7.38. The Morgan fingerprint density at radius 1 is 1.30 bits per heavy atom. The molecule has 1 unspecified atom stereocenters. The lowest BCUT2D eigenvalue weighted by Gasteiger charge is -2.17. The Morgan fingerprint density at radius 2 is 2.04 bits per heavy atom. The fraction of sp³-hybridized carbons (Fsp3) is 0.176. The first kappa shape index (κ1) is 16.5. The summed E-state index contributed by atoms with van der Waals surface area (Å²) in [4.78, 5) is 11.2. The van der Waals surface area contributed by atoms with Gasteiger partial charge in [-0.25, -0.2) is 4.39 Å². The number of aliphatic hydroxyl groups excluding tert-OH is 1. The summed E-state index contributed by atoms with van der Waals surface area (Å²) in [7, 11) is 0. The van der Waals surface area contributed by atoms with Crippen LogP contribution in [0.4, 0.5) is 15.8 Å². The zero-order valence-corrected chi connectivity index (χ0v) is 12.5. The Kier molecular flexibility index (Phi) is 5.28. The lowest BCUT2D eigenvalue weighted by atomic mass is 10.1. The molecular weight excluding hydrogens is 297 g/mol. The number of aliphatic hydroxyl groups is 1. The predicted octanol–water partition coefficient (Wildman–Crippen LogP) is 2.80. The van der Waals surface area contributed by atoms with E-state index in [1.54, 1.807) is 30.3 Å². The lowest BCUT2D eigenvalue weighted by Crippen LogP contribution is -2.15. The van der Waals surface area contributed by atoms with Crippen molar-refractivity contribution in [3.63, 3.8) is 0 Å². The van der Waals surface area contributed by atoms with Gasteiger partial charge in [-0.05, 0) is 42.8 Å². The van der Waals surface area contributed by atoms with Gasteiger partial charge in [-0.1, -0.05) is 12.1 Å². The van der Waals surface area contributed by atoms with Crippen molar-refractivity contribution in [2.45, 2.75) is 13.0 Å². The highest BCUT2D eigenvalue weighted by Crippen LogP contribution is 2.23. The van der Waals surface area contributed by atoms with Crippen LogP contribution in [0.1, 0.15) is 24.1 Å². The summed E-state index contributed by atoms with van der Waals surface area (Å²) in [5, 5.41) is 23.2. The highest BCUT2D eigenvalue weighted by molar-refractivity contribution is 5.91. The molecule has 2 aromatic rings. The van der Waals surface area contributed by atoms with E-state index in [9.17, 15) is 9.18 Å². The molecule has 2 rings (SSSR count). The molecular formula is C17H16FN3O2. The van der Waals surface area contributed by atoms with Crippen LogP contribution in [0.25, 0.3) is 0 Å². The third-order valence-corrected chi connectivity index (χ3v) is 3.29. The fourth-order valence-electron chi connectivity index (χ4n) is 2.11. The van der Waals surface area contributed by atoms with E-state index < -0.39 is 18.3 Å². The van der Waals surface area contributed by atoms with Gasteiger partial charge in [0, 0.05) is 17.4 Å². The third-order valence-electron chi connectivity index (χ3n) is 3.29. The predicted molar refractivity (Wildman–Crippen MR) is 85.3 cm³/mol. The standard InChI is InChI=1S/C17H16FN3O2/c1-11(12-5-6-13(9-19)16(18)7-12)20-14-3-2-4-15(8-14)21-17(23)10-22/h2-8,11,20,22H,10H2,1H3,(H,21,23). The van der Waals surface area contributed by atoms with E-state index >= 15 is 0 Å². The van der Waals surface area contributed by atoms with Gasteiger partial charge in [0.15, 0.2) is 0 Å². The number of amides is 1. The van der Waals surface area contributed by atoms with E-state index in [-0.39, 0.29) is 11.6 Å². The molecule has 0 heterocycles. The number of carbonyl (C=O) groups excluding carboxylic acids is 1. The van der Waals surface area contributed by atoms with Crippen LogP contribution in [-0.4, -0.2) is 17.6 Å². The van der Waals surface area contributed by atoms with Gasteiger partial charge in [-0.2, -0.15) is 5.26 Å². The van der Waals surface area contributed by atoms with E-state index in [4.69, 9.17) is 10.4 Å². The van der Waals surface area contributed by atoms with Gasteiger partial charge in [-0.15, -0.1) is 0 Å². The summed E-state index contributed by atoms with van der Waals surface area (Å²) in [5.74, 6) is -1.05. The molecule has 0 saturated carbocycles. The van der Waals surface area contributed by atoms with E-state index in [1.165, 1.54) is 12.1 Å².